The van der Waals surface area contributed by atoms with E-state index >= 15 is 0 Å². The average Bonchev–Trinajstić information content (AvgIpc) is 2.38. The smallest absolute Gasteiger partial charge is 0.236 e. The largest absolute Gasteiger partial charge is 0.337 e. The van der Waals surface area contributed by atoms with Gasteiger partial charge in [-0.15, -0.1) is 6.58 Å². The van der Waals surface area contributed by atoms with Crippen LogP contribution < -0.4 is 5.32 Å². The maximum absolute atomic E-state index is 11.9. The fourth-order valence-corrected chi connectivity index (χ4v) is 1.97. The summed E-state index contributed by atoms with van der Waals surface area (Å²) in [4.78, 5) is 18.1. The molecule has 0 aromatic carbocycles. The van der Waals surface area contributed by atoms with Crippen LogP contribution in [-0.2, 0) is 17.8 Å². The molecular formula is C13H17N3O. The van der Waals surface area contributed by atoms with E-state index in [0.29, 0.717) is 19.6 Å². The molecule has 1 N–H and O–H groups in total. The lowest BCUT2D eigenvalue weighted by atomic mass is 10.1. The van der Waals surface area contributed by atoms with E-state index in [2.05, 4.69) is 16.9 Å². The predicted octanol–water partition coefficient (Wildman–Crippen LogP) is 0.742. The van der Waals surface area contributed by atoms with Gasteiger partial charge in [-0.05, 0) is 11.6 Å². The lowest BCUT2D eigenvalue weighted by Crippen LogP contribution is -2.41. The van der Waals surface area contributed by atoms with Gasteiger partial charge in [-0.25, -0.2) is 0 Å². The molecule has 0 spiro atoms. The SMILES string of the molecule is C=CCNCC(=O)N1CCc2ncccc2C1. The number of nitrogens with one attached hydrogen (secondary N) is 1. The van der Waals surface area contributed by atoms with E-state index in [1.54, 1.807) is 6.08 Å². The fraction of sp³-hybridized carbons (Fsp3) is 0.385. The molecule has 1 amide bonds. The summed E-state index contributed by atoms with van der Waals surface area (Å²) in [5.74, 6) is 0.140. The molecule has 0 saturated carbocycles. The Balaban J connectivity index is 1.93. The molecule has 90 valence electrons. The Hall–Kier alpha value is -1.68. The summed E-state index contributed by atoms with van der Waals surface area (Å²) in [7, 11) is 0. The lowest BCUT2D eigenvalue weighted by molar-refractivity contribution is -0.131. The Bertz CT molecular complexity index is 417. The van der Waals surface area contributed by atoms with Crippen LogP contribution in [0.2, 0.25) is 0 Å². The van der Waals surface area contributed by atoms with Crippen LogP contribution in [0.4, 0.5) is 0 Å². The normalized spacial score (nSPS) is 14.2. The number of nitrogens with zero attached hydrogens (tertiary/aromatic N) is 2. The first-order chi connectivity index (χ1) is 8.31. The van der Waals surface area contributed by atoms with Crippen molar-refractivity contribution in [3.05, 3.63) is 42.2 Å². The first-order valence-electron chi connectivity index (χ1n) is 5.83. The standard InChI is InChI=1S/C13H17N3O/c1-2-6-14-9-13(17)16-8-5-12-11(10-16)4-3-7-15-12/h2-4,7,14H,1,5-6,8-10H2. The van der Waals surface area contributed by atoms with Gasteiger partial charge >= 0.3 is 0 Å². The van der Waals surface area contributed by atoms with Gasteiger partial charge in [0.25, 0.3) is 0 Å². The Morgan fingerprint density at radius 3 is 3.35 bits per heavy atom. The Kier molecular flexibility index (Phi) is 3.88. The molecular weight excluding hydrogens is 214 g/mol. The molecule has 1 aliphatic heterocycles. The third-order valence-electron chi connectivity index (χ3n) is 2.88. The monoisotopic (exact) mass is 231 g/mol. The molecule has 0 saturated heterocycles. The van der Waals surface area contributed by atoms with Crippen LogP contribution in [0.25, 0.3) is 0 Å². The number of carbonyl (C=O) groups excluding carboxylic acids is 1. The van der Waals surface area contributed by atoms with E-state index in [0.717, 1.165) is 24.2 Å². The minimum Gasteiger partial charge on any atom is -0.337 e. The molecule has 2 rings (SSSR count). The number of pyridine rings is 1. The van der Waals surface area contributed by atoms with Crippen molar-refractivity contribution in [3.63, 3.8) is 0 Å². The van der Waals surface area contributed by atoms with Crippen LogP contribution in [0, 0.1) is 0 Å². The van der Waals surface area contributed by atoms with Gasteiger partial charge in [0.1, 0.15) is 0 Å². The molecule has 4 nitrogen and oxygen atoms in total. The third-order valence-corrected chi connectivity index (χ3v) is 2.88. The molecule has 0 radical (unpaired) electrons. The van der Waals surface area contributed by atoms with E-state index in [1.807, 2.05) is 23.2 Å². The summed E-state index contributed by atoms with van der Waals surface area (Å²) < 4.78 is 0. The highest BCUT2D eigenvalue weighted by Crippen LogP contribution is 2.15. The van der Waals surface area contributed by atoms with Gasteiger partial charge in [0.2, 0.25) is 5.91 Å². The van der Waals surface area contributed by atoms with Crippen molar-refractivity contribution in [1.82, 2.24) is 15.2 Å². The highest BCUT2D eigenvalue weighted by molar-refractivity contribution is 5.78. The topological polar surface area (TPSA) is 45.2 Å². The quantitative estimate of drug-likeness (QED) is 0.614. The van der Waals surface area contributed by atoms with Crippen molar-refractivity contribution in [3.8, 4) is 0 Å². The summed E-state index contributed by atoms with van der Waals surface area (Å²) in [5.41, 5.74) is 2.28. The van der Waals surface area contributed by atoms with E-state index in [4.69, 9.17) is 0 Å². The highest BCUT2D eigenvalue weighted by atomic mass is 16.2. The van der Waals surface area contributed by atoms with E-state index in [1.165, 1.54) is 0 Å². The number of rotatable bonds is 4. The molecule has 0 aliphatic carbocycles. The van der Waals surface area contributed by atoms with Gasteiger partial charge in [0.05, 0.1) is 6.54 Å². The first kappa shape index (κ1) is 11.8. The summed E-state index contributed by atoms with van der Waals surface area (Å²) >= 11 is 0. The summed E-state index contributed by atoms with van der Waals surface area (Å²) in [6.07, 6.45) is 4.41. The second-order valence-corrected chi connectivity index (χ2v) is 4.09. The van der Waals surface area contributed by atoms with Crippen LogP contribution in [0.1, 0.15) is 11.3 Å². The Morgan fingerprint density at radius 2 is 2.53 bits per heavy atom. The van der Waals surface area contributed by atoms with Crippen LogP contribution in [0.3, 0.4) is 0 Å². The average molecular weight is 231 g/mol. The van der Waals surface area contributed by atoms with Crippen molar-refractivity contribution >= 4 is 5.91 Å². The maximum Gasteiger partial charge on any atom is 0.236 e. The number of fused-ring (bicyclic) bond motifs is 1. The Morgan fingerprint density at radius 1 is 1.65 bits per heavy atom. The number of hydrogen-bond donors (Lipinski definition) is 1. The minimum atomic E-state index is 0.140. The second-order valence-electron chi connectivity index (χ2n) is 4.09. The summed E-state index contributed by atoms with van der Waals surface area (Å²) in [6.45, 7) is 6.09. The van der Waals surface area contributed by atoms with Crippen molar-refractivity contribution in [2.45, 2.75) is 13.0 Å². The fourth-order valence-electron chi connectivity index (χ4n) is 1.97. The van der Waals surface area contributed by atoms with Gasteiger partial charge in [0.15, 0.2) is 0 Å². The molecule has 0 fully saturated rings. The number of carbonyl (C=O) groups is 1. The van der Waals surface area contributed by atoms with Crippen molar-refractivity contribution in [2.75, 3.05) is 19.6 Å². The summed E-state index contributed by atoms with van der Waals surface area (Å²) in [5, 5.41) is 3.03. The maximum atomic E-state index is 11.9. The zero-order valence-electron chi connectivity index (χ0n) is 9.85. The van der Waals surface area contributed by atoms with Gasteiger partial charge in [0, 0.05) is 37.9 Å². The molecule has 0 atom stereocenters. The Labute approximate surface area is 101 Å². The van der Waals surface area contributed by atoms with Crippen LogP contribution in [0.5, 0.6) is 0 Å². The van der Waals surface area contributed by atoms with Crippen LogP contribution in [-0.4, -0.2) is 35.4 Å². The number of aromatic nitrogens is 1. The van der Waals surface area contributed by atoms with Crippen LogP contribution >= 0.6 is 0 Å². The van der Waals surface area contributed by atoms with Crippen molar-refractivity contribution in [1.29, 1.82) is 0 Å². The first-order valence-corrected chi connectivity index (χ1v) is 5.83. The molecule has 1 aliphatic rings. The van der Waals surface area contributed by atoms with Crippen LogP contribution in [0.15, 0.2) is 31.0 Å². The zero-order valence-corrected chi connectivity index (χ0v) is 9.85. The minimum absolute atomic E-state index is 0.140. The third kappa shape index (κ3) is 2.91. The number of hydrogen-bond acceptors (Lipinski definition) is 3. The van der Waals surface area contributed by atoms with Crippen molar-refractivity contribution < 1.29 is 4.79 Å². The lowest BCUT2D eigenvalue weighted by Gasteiger charge is -2.28. The van der Waals surface area contributed by atoms with E-state index in [9.17, 15) is 4.79 Å². The molecule has 1 aromatic heterocycles. The molecule has 2 heterocycles. The van der Waals surface area contributed by atoms with Crippen molar-refractivity contribution in [2.24, 2.45) is 0 Å². The zero-order chi connectivity index (χ0) is 12.1. The second kappa shape index (κ2) is 5.59. The molecule has 17 heavy (non-hydrogen) atoms. The molecule has 0 bridgehead atoms. The van der Waals surface area contributed by atoms with Gasteiger partial charge in [-0.3, -0.25) is 9.78 Å². The summed E-state index contributed by atoms with van der Waals surface area (Å²) in [6, 6.07) is 3.96. The highest BCUT2D eigenvalue weighted by Gasteiger charge is 2.20. The number of amides is 1. The van der Waals surface area contributed by atoms with Gasteiger partial charge in [-0.2, -0.15) is 0 Å². The van der Waals surface area contributed by atoms with Gasteiger partial charge < -0.3 is 10.2 Å². The van der Waals surface area contributed by atoms with E-state index < -0.39 is 0 Å². The van der Waals surface area contributed by atoms with Gasteiger partial charge in [-0.1, -0.05) is 12.1 Å². The predicted molar refractivity (Wildman–Crippen MR) is 66.4 cm³/mol. The van der Waals surface area contributed by atoms with E-state index in [-0.39, 0.29) is 5.91 Å². The molecule has 1 aromatic rings. The molecule has 0 unspecified atom stereocenters. The molecule has 4 heteroatoms.